The van der Waals surface area contributed by atoms with Crippen molar-refractivity contribution >= 4 is 23.1 Å². The Morgan fingerprint density at radius 1 is 1.50 bits per heavy atom. The van der Waals surface area contributed by atoms with Gasteiger partial charge in [-0.05, 0) is 17.9 Å². The zero-order chi connectivity index (χ0) is 11.6. The molecule has 6 heteroatoms. The normalized spacial score (nSPS) is 10.1. The number of carbonyl (C=O) groups excluding carboxylic acids is 1. The minimum Gasteiger partial charge on any atom is -0.394 e. The van der Waals surface area contributed by atoms with E-state index in [1.54, 1.807) is 0 Å². The molecule has 0 fully saturated rings. The monoisotopic (exact) mass is 244 g/mol. The van der Waals surface area contributed by atoms with Gasteiger partial charge >= 0.3 is 6.03 Å². The molecular formula is C10H16N2O3S. The number of thiophene rings is 1. The van der Waals surface area contributed by atoms with E-state index in [9.17, 15) is 4.79 Å². The highest BCUT2D eigenvalue weighted by molar-refractivity contribution is 7.08. The smallest absolute Gasteiger partial charge is 0.319 e. The number of amides is 2. The molecule has 3 N–H and O–H groups in total. The molecule has 0 saturated carbocycles. The van der Waals surface area contributed by atoms with E-state index in [1.807, 2.05) is 16.8 Å². The molecule has 0 aliphatic carbocycles. The van der Waals surface area contributed by atoms with Gasteiger partial charge in [0.15, 0.2) is 0 Å². The maximum absolute atomic E-state index is 11.3. The number of nitrogens with one attached hydrogen (secondary N) is 2. The van der Waals surface area contributed by atoms with Gasteiger partial charge in [0, 0.05) is 18.5 Å². The molecule has 0 spiro atoms. The van der Waals surface area contributed by atoms with E-state index >= 15 is 0 Å². The topological polar surface area (TPSA) is 70.6 Å². The maximum Gasteiger partial charge on any atom is 0.319 e. The number of urea groups is 1. The standard InChI is InChI=1S/C10H16N2O3S/c13-4-6-15-5-1-3-11-10(14)12-9-2-7-16-8-9/h2,7-8,13H,1,3-6H2,(H2,11,12,14). The predicted octanol–water partition coefficient (Wildman–Crippen LogP) is 1.27. The van der Waals surface area contributed by atoms with E-state index < -0.39 is 0 Å². The molecule has 0 aliphatic rings. The van der Waals surface area contributed by atoms with Gasteiger partial charge in [-0.2, -0.15) is 11.3 Å². The van der Waals surface area contributed by atoms with Gasteiger partial charge in [-0.25, -0.2) is 4.79 Å². The number of aliphatic hydroxyl groups excluding tert-OH is 1. The van der Waals surface area contributed by atoms with E-state index in [0.29, 0.717) is 19.8 Å². The Hall–Kier alpha value is -1.11. The SMILES string of the molecule is O=C(NCCCOCCO)Nc1ccsc1. The summed E-state index contributed by atoms with van der Waals surface area (Å²) in [5, 5.41) is 17.6. The number of ether oxygens (including phenoxy) is 1. The van der Waals surface area contributed by atoms with Crippen molar-refractivity contribution in [1.29, 1.82) is 0 Å². The van der Waals surface area contributed by atoms with Gasteiger partial charge in [0.25, 0.3) is 0 Å². The van der Waals surface area contributed by atoms with Gasteiger partial charge in [-0.1, -0.05) is 0 Å². The lowest BCUT2D eigenvalue weighted by atomic mass is 10.4. The van der Waals surface area contributed by atoms with Gasteiger partial charge in [0.2, 0.25) is 0 Å². The number of carbonyl (C=O) groups is 1. The summed E-state index contributed by atoms with van der Waals surface area (Å²) < 4.78 is 5.05. The average Bonchev–Trinajstić information content (AvgIpc) is 2.76. The molecule has 0 aliphatic heterocycles. The number of hydrogen-bond acceptors (Lipinski definition) is 4. The number of anilines is 1. The van der Waals surface area contributed by atoms with Crippen LogP contribution in [-0.4, -0.2) is 37.5 Å². The van der Waals surface area contributed by atoms with Gasteiger partial charge in [0.05, 0.1) is 18.9 Å². The summed E-state index contributed by atoms with van der Waals surface area (Å²) in [6, 6.07) is 1.63. The van der Waals surface area contributed by atoms with Crippen LogP contribution in [0.2, 0.25) is 0 Å². The quantitative estimate of drug-likeness (QED) is 0.633. The molecule has 0 saturated heterocycles. The van der Waals surface area contributed by atoms with Crippen LogP contribution < -0.4 is 10.6 Å². The van der Waals surface area contributed by atoms with Crippen LogP contribution in [0.5, 0.6) is 0 Å². The summed E-state index contributed by atoms with van der Waals surface area (Å²) >= 11 is 1.53. The average molecular weight is 244 g/mol. The van der Waals surface area contributed by atoms with Crippen LogP contribution in [0.15, 0.2) is 16.8 Å². The van der Waals surface area contributed by atoms with Crippen molar-refractivity contribution in [2.45, 2.75) is 6.42 Å². The summed E-state index contributed by atoms with van der Waals surface area (Å²) in [5.74, 6) is 0. The Morgan fingerprint density at radius 2 is 2.38 bits per heavy atom. The molecule has 0 radical (unpaired) electrons. The molecule has 5 nitrogen and oxygen atoms in total. The molecule has 1 heterocycles. The van der Waals surface area contributed by atoms with E-state index in [-0.39, 0.29) is 12.6 Å². The van der Waals surface area contributed by atoms with Crippen LogP contribution in [0.4, 0.5) is 10.5 Å². The van der Waals surface area contributed by atoms with Gasteiger partial charge in [0.1, 0.15) is 0 Å². The largest absolute Gasteiger partial charge is 0.394 e. The highest BCUT2D eigenvalue weighted by Gasteiger charge is 2.00. The van der Waals surface area contributed by atoms with Crippen LogP contribution in [0.25, 0.3) is 0 Å². The van der Waals surface area contributed by atoms with Crippen molar-refractivity contribution in [2.24, 2.45) is 0 Å². The summed E-state index contributed by atoms with van der Waals surface area (Å²) in [7, 11) is 0. The fourth-order valence-electron chi connectivity index (χ4n) is 1.05. The van der Waals surface area contributed by atoms with Crippen molar-refractivity contribution < 1.29 is 14.6 Å². The van der Waals surface area contributed by atoms with E-state index in [0.717, 1.165) is 12.1 Å². The Kier molecular flexibility index (Phi) is 6.55. The minimum atomic E-state index is -0.208. The van der Waals surface area contributed by atoms with Crippen molar-refractivity contribution in [1.82, 2.24) is 5.32 Å². The molecule has 90 valence electrons. The molecular weight excluding hydrogens is 228 g/mol. The third kappa shape index (κ3) is 5.69. The van der Waals surface area contributed by atoms with Gasteiger partial charge < -0.3 is 20.5 Å². The second-order valence-corrected chi connectivity index (χ2v) is 3.86. The zero-order valence-corrected chi connectivity index (χ0v) is 9.76. The van der Waals surface area contributed by atoms with Crippen LogP contribution in [0.3, 0.4) is 0 Å². The van der Waals surface area contributed by atoms with Crippen molar-refractivity contribution in [3.05, 3.63) is 16.8 Å². The molecule has 16 heavy (non-hydrogen) atoms. The fourth-order valence-corrected chi connectivity index (χ4v) is 1.64. The lowest BCUT2D eigenvalue weighted by Gasteiger charge is -2.06. The third-order valence-electron chi connectivity index (χ3n) is 1.77. The Labute approximate surface area is 98.4 Å². The third-order valence-corrected chi connectivity index (χ3v) is 2.45. The van der Waals surface area contributed by atoms with Gasteiger partial charge in [-0.3, -0.25) is 0 Å². The molecule has 1 aromatic heterocycles. The Morgan fingerprint density at radius 3 is 3.06 bits per heavy atom. The maximum atomic E-state index is 11.3. The predicted molar refractivity (Wildman–Crippen MR) is 63.9 cm³/mol. The summed E-state index contributed by atoms with van der Waals surface area (Å²) in [5.41, 5.74) is 0.805. The first kappa shape index (κ1) is 13.0. The molecule has 0 aromatic carbocycles. The number of hydrogen-bond donors (Lipinski definition) is 3. The van der Waals surface area contributed by atoms with Crippen molar-refractivity contribution in [3.63, 3.8) is 0 Å². The van der Waals surface area contributed by atoms with Crippen molar-refractivity contribution in [3.8, 4) is 0 Å². The lowest BCUT2D eigenvalue weighted by Crippen LogP contribution is -2.29. The second kappa shape index (κ2) is 8.09. The Balaban J connectivity index is 1.98. The van der Waals surface area contributed by atoms with Crippen molar-refractivity contribution in [2.75, 3.05) is 31.7 Å². The zero-order valence-electron chi connectivity index (χ0n) is 8.94. The summed E-state index contributed by atoms with van der Waals surface area (Å²) in [4.78, 5) is 11.3. The molecule has 0 atom stereocenters. The molecule has 1 aromatic rings. The first-order valence-corrected chi connectivity index (χ1v) is 6.03. The lowest BCUT2D eigenvalue weighted by molar-refractivity contribution is 0.0910. The fraction of sp³-hybridized carbons (Fsp3) is 0.500. The first-order chi connectivity index (χ1) is 7.83. The van der Waals surface area contributed by atoms with E-state index in [2.05, 4.69) is 10.6 Å². The van der Waals surface area contributed by atoms with Gasteiger partial charge in [-0.15, -0.1) is 0 Å². The Bertz CT molecular complexity index is 290. The van der Waals surface area contributed by atoms with Crippen LogP contribution in [-0.2, 0) is 4.74 Å². The van der Waals surface area contributed by atoms with Crippen LogP contribution in [0.1, 0.15) is 6.42 Å². The molecule has 0 bridgehead atoms. The molecule has 2 amide bonds. The van der Waals surface area contributed by atoms with Crippen LogP contribution in [0, 0.1) is 0 Å². The first-order valence-electron chi connectivity index (χ1n) is 5.08. The van der Waals surface area contributed by atoms with E-state index in [1.165, 1.54) is 11.3 Å². The molecule has 0 unspecified atom stereocenters. The van der Waals surface area contributed by atoms with E-state index in [4.69, 9.17) is 9.84 Å². The van der Waals surface area contributed by atoms with Crippen LogP contribution >= 0.6 is 11.3 Å². The minimum absolute atomic E-state index is 0.0338. The number of rotatable bonds is 7. The highest BCUT2D eigenvalue weighted by atomic mass is 32.1. The summed E-state index contributed by atoms with van der Waals surface area (Å²) in [6.45, 7) is 1.48. The number of aliphatic hydroxyl groups is 1. The highest BCUT2D eigenvalue weighted by Crippen LogP contribution is 2.10. The summed E-state index contributed by atoms with van der Waals surface area (Å²) in [6.07, 6.45) is 0.733. The molecule has 1 rings (SSSR count). The second-order valence-electron chi connectivity index (χ2n) is 3.08.